The highest BCUT2D eigenvalue weighted by molar-refractivity contribution is 5.76. The van der Waals surface area contributed by atoms with Gasteiger partial charge in [0.15, 0.2) is 0 Å². The van der Waals surface area contributed by atoms with E-state index in [1.165, 1.54) is 32.1 Å². The molecular weight excluding hydrogens is 284 g/mol. The lowest BCUT2D eigenvalue weighted by Crippen LogP contribution is -2.61. The van der Waals surface area contributed by atoms with Gasteiger partial charge in [-0.3, -0.25) is 4.79 Å². The third-order valence-corrected chi connectivity index (χ3v) is 7.05. The van der Waals surface area contributed by atoms with Gasteiger partial charge in [-0.2, -0.15) is 0 Å². The zero-order valence-corrected chi connectivity index (χ0v) is 16.1. The lowest BCUT2D eigenvalue weighted by atomic mass is 9.48. The van der Waals surface area contributed by atoms with E-state index in [-0.39, 0.29) is 22.4 Å². The number of rotatable bonds is 4. The summed E-state index contributed by atoms with van der Waals surface area (Å²) in [4.78, 5) is 13.0. The van der Waals surface area contributed by atoms with E-state index in [1.54, 1.807) is 0 Å². The molecule has 4 rings (SSSR count). The van der Waals surface area contributed by atoms with Gasteiger partial charge in [0.25, 0.3) is 0 Å². The molecule has 2 nitrogen and oxygen atoms in total. The Bertz CT molecular complexity index is 441. The number of carbonyl (C=O) groups excluding carboxylic acids is 1. The van der Waals surface area contributed by atoms with E-state index in [0.29, 0.717) is 11.8 Å². The summed E-state index contributed by atoms with van der Waals surface area (Å²) in [6, 6.07) is 0. The summed E-state index contributed by atoms with van der Waals surface area (Å²) in [6.45, 7) is 13.1. The Morgan fingerprint density at radius 2 is 1.43 bits per heavy atom. The first-order valence-electron chi connectivity index (χ1n) is 9.79. The van der Waals surface area contributed by atoms with Crippen molar-refractivity contribution in [3.8, 4) is 0 Å². The molecule has 0 atom stereocenters. The van der Waals surface area contributed by atoms with Crippen molar-refractivity contribution in [2.45, 2.75) is 92.1 Å². The average molecular weight is 321 g/mol. The number of ether oxygens (including phenoxy) is 1. The standard InChI is InChI=1S/C21H36O2/c1-7-20(5,6)18(22)23-21(13-19(2,3)4)16-9-14-8-15(11-16)12-17(21)10-14/h14-17H,7-13H2,1-6H3. The van der Waals surface area contributed by atoms with E-state index >= 15 is 0 Å². The molecule has 0 radical (unpaired) electrons. The Kier molecular flexibility index (Phi) is 4.13. The van der Waals surface area contributed by atoms with E-state index in [0.717, 1.165) is 24.7 Å². The van der Waals surface area contributed by atoms with Crippen LogP contribution in [0.5, 0.6) is 0 Å². The molecule has 4 aliphatic rings. The average Bonchev–Trinajstić information content (AvgIpc) is 2.42. The molecule has 0 amide bonds. The molecule has 0 aromatic rings. The van der Waals surface area contributed by atoms with Crippen molar-refractivity contribution in [1.29, 1.82) is 0 Å². The fourth-order valence-corrected chi connectivity index (χ4v) is 5.76. The maximum Gasteiger partial charge on any atom is 0.312 e. The van der Waals surface area contributed by atoms with Crippen molar-refractivity contribution in [2.24, 2.45) is 34.5 Å². The van der Waals surface area contributed by atoms with Gasteiger partial charge < -0.3 is 4.74 Å². The second-order valence-electron chi connectivity index (χ2n) is 10.6. The van der Waals surface area contributed by atoms with E-state index in [1.807, 2.05) is 13.8 Å². The first-order valence-corrected chi connectivity index (χ1v) is 9.79. The van der Waals surface area contributed by atoms with Crippen LogP contribution in [0.4, 0.5) is 0 Å². The van der Waals surface area contributed by atoms with Gasteiger partial charge in [0.2, 0.25) is 0 Å². The Balaban J connectivity index is 1.91. The molecule has 132 valence electrons. The van der Waals surface area contributed by atoms with Crippen LogP contribution in [0.15, 0.2) is 0 Å². The molecule has 0 spiro atoms. The summed E-state index contributed by atoms with van der Waals surface area (Å²) < 4.78 is 6.51. The molecule has 0 unspecified atom stereocenters. The monoisotopic (exact) mass is 320 g/mol. The molecule has 0 aromatic carbocycles. The third-order valence-electron chi connectivity index (χ3n) is 7.05. The van der Waals surface area contributed by atoms with Crippen molar-refractivity contribution in [3.63, 3.8) is 0 Å². The summed E-state index contributed by atoms with van der Waals surface area (Å²) in [7, 11) is 0. The first kappa shape index (κ1) is 17.3. The number of esters is 1. The van der Waals surface area contributed by atoms with E-state index < -0.39 is 0 Å². The van der Waals surface area contributed by atoms with Gasteiger partial charge in [0.05, 0.1) is 5.41 Å². The molecule has 4 aliphatic carbocycles. The van der Waals surface area contributed by atoms with Gasteiger partial charge in [0, 0.05) is 0 Å². The number of hydrogen-bond acceptors (Lipinski definition) is 2. The smallest absolute Gasteiger partial charge is 0.312 e. The van der Waals surface area contributed by atoms with Crippen LogP contribution >= 0.6 is 0 Å². The highest BCUT2D eigenvalue weighted by atomic mass is 16.6. The molecule has 0 aromatic heterocycles. The Morgan fingerprint density at radius 1 is 0.957 bits per heavy atom. The highest BCUT2D eigenvalue weighted by Gasteiger charge is 2.60. The van der Waals surface area contributed by atoms with E-state index in [9.17, 15) is 4.79 Å². The molecule has 23 heavy (non-hydrogen) atoms. The first-order chi connectivity index (χ1) is 10.6. The van der Waals surface area contributed by atoms with E-state index in [4.69, 9.17) is 4.74 Å². The summed E-state index contributed by atoms with van der Waals surface area (Å²) in [5, 5.41) is 0. The van der Waals surface area contributed by atoms with Gasteiger partial charge in [-0.1, -0.05) is 27.7 Å². The van der Waals surface area contributed by atoms with Crippen LogP contribution in [0.1, 0.15) is 86.5 Å². The van der Waals surface area contributed by atoms with Crippen LogP contribution in [0.25, 0.3) is 0 Å². The lowest BCUT2D eigenvalue weighted by Gasteiger charge is -2.61. The van der Waals surface area contributed by atoms with Crippen molar-refractivity contribution in [2.75, 3.05) is 0 Å². The van der Waals surface area contributed by atoms with E-state index in [2.05, 4.69) is 27.7 Å². The molecule has 4 bridgehead atoms. The summed E-state index contributed by atoms with van der Waals surface area (Å²) in [5.41, 5.74) is -0.346. The maximum absolute atomic E-state index is 13.0. The third kappa shape index (κ3) is 3.07. The van der Waals surface area contributed by atoms with Gasteiger partial charge in [-0.15, -0.1) is 0 Å². The summed E-state index contributed by atoms with van der Waals surface area (Å²) >= 11 is 0. The molecule has 0 heterocycles. The van der Waals surface area contributed by atoms with Crippen molar-refractivity contribution in [3.05, 3.63) is 0 Å². The van der Waals surface area contributed by atoms with Crippen molar-refractivity contribution >= 4 is 5.97 Å². The molecule has 4 saturated carbocycles. The van der Waals surface area contributed by atoms with Crippen LogP contribution < -0.4 is 0 Å². The predicted octanol–water partition coefficient (Wildman–Crippen LogP) is 5.60. The highest BCUT2D eigenvalue weighted by Crippen LogP contribution is 2.62. The van der Waals surface area contributed by atoms with Gasteiger partial charge in [-0.25, -0.2) is 0 Å². The topological polar surface area (TPSA) is 26.3 Å². The zero-order valence-electron chi connectivity index (χ0n) is 16.1. The quantitative estimate of drug-likeness (QED) is 0.630. The fourth-order valence-electron chi connectivity index (χ4n) is 5.76. The SMILES string of the molecule is CCC(C)(C)C(=O)OC1(CC(C)(C)C)C2CC3CC(C2)CC1C3. The minimum Gasteiger partial charge on any atom is -0.458 e. The van der Waals surface area contributed by atoms with Crippen molar-refractivity contribution < 1.29 is 9.53 Å². The van der Waals surface area contributed by atoms with Gasteiger partial charge in [-0.05, 0) is 87.9 Å². The largest absolute Gasteiger partial charge is 0.458 e. The molecular formula is C21H36O2. The van der Waals surface area contributed by atoms with Crippen LogP contribution in [-0.4, -0.2) is 11.6 Å². The lowest BCUT2D eigenvalue weighted by molar-refractivity contribution is -0.225. The fraction of sp³-hybridized carbons (Fsp3) is 0.952. The Hall–Kier alpha value is -0.530. The van der Waals surface area contributed by atoms with Crippen LogP contribution in [0.2, 0.25) is 0 Å². The Labute approximate surface area is 142 Å². The second-order valence-corrected chi connectivity index (χ2v) is 10.6. The Morgan fingerprint density at radius 3 is 1.83 bits per heavy atom. The summed E-state index contributed by atoms with van der Waals surface area (Å²) in [6.07, 6.45) is 8.49. The van der Waals surface area contributed by atoms with Crippen LogP contribution in [-0.2, 0) is 9.53 Å². The summed E-state index contributed by atoms with van der Waals surface area (Å²) in [5.74, 6) is 3.06. The molecule has 4 fully saturated rings. The van der Waals surface area contributed by atoms with Crippen molar-refractivity contribution in [1.82, 2.24) is 0 Å². The minimum atomic E-state index is -0.362. The van der Waals surface area contributed by atoms with Crippen LogP contribution in [0.3, 0.4) is 0 Å². The normalized spacial score (nSPS) is 39.6. The number of hydrogen-bond donors (Lipinski definition) is 0. The maximum atomic E-state index is 13.0. The minimum absolute atomic E-state index is 0.0386. The molecule has 0 saturated heterocycles. The van der Waals surface area contributed by atoms with Gasteiger partial charge >= 0.3 is 5.97 Å². The second kappa shape index (κ2) is 5.49. The predicted molar refractivity (Wildman–Crippen MR) is 94.0 cm³/mol. The molecule has 0 N–H and O–H groups in total. The number of carbonyl (C=O) groups is 1. The van der Waals surface area contributed by atoms with Gasteiger partial charge in [0.1, 0.15) is 5.60 Å². The zero-order chi connectivity index (χ0) is 17.0. The van der Waals surface area contributed by atoms with Crippen LogP contribution in [0, 0.1) is 34.5 Å². The molecule has 0 aliphatic heterocycles. The molecule has 2 heteroatoms.